The highest BCUT2D eigenvalue weighted by Gasteiger charge is 2.27. The average molecular weight is 244 g/mol. The quantitative estimate of drug-likeness (QED) is 0.720. The Bertz CT molecular complexity index is 502. The van der Waals surface area contributed by atoms with Crippen molar-refractivity contribution in [3.8, 4) is 0 Å². The number of aromatic nitrogens is 1. The van der Waals surface area contributed by atoms with Gasteiger partial charge in [0.05, 0.1) is 14.7 Å². The number of rotatable bonds is 1. The molecule has 1 aromatic heterocycles. The van der Waals surface area contributed by atoms with Gasteiger partial charge < -0.3 is 0 Å². The third-order valence-electron chi connectivity index (χ3n) is 2.36. The molecule has 1 aliphatic carbocycles. The van der Waals surface area contributed by atoms with Crippen LogP contribution < -0.4 is 0 Å². The van der Waals surface area contributed by atoms with Crippen molar-refractivity contribution in [1.82, 2.24) is 4.98 Å². The third kappa shape index (κ3) is 1.42. The van der Waals surface area contributed by atoms with Crippen molar-refractivity contribution in [3.63, 3.8) is 0 Å². The van der Waals surface area contributed by atoms with Crippen molar-refractivity contribution in [2.45, 2.75) is 18.8 Å². The van der Waals surface area contributed by atoms with Gasteiger partial charge in [0.1, 0.15) is 5.52 Å². The van der Waals surface area contributed by atoms with Crippen LogP contribution in [-0.2, 0) is 0 Å². The van der Waals surface area contributed by atoms with E-state index in [0.717, 1.165) is 10.2 Å². The molecule has 0 radical (unpaired) electrons. The number of nitrogens with zero attached hydrogens (tertiary/aromatic N) is 1. The summed E-state index contributed by atoms with van der Waals surface area (Å²) < 4.78 is 1.10. The summed E-state index contributed by atoms with van der Waals surface area (Å²) in [6.07, 6.45) is 2.54. The van der Waals surface area contributed by atoms with E-state index in [1.807, 2.05) is 6.07 Å². The van der Waals surface area contributed by atoms with Crippen LogP contribution in [0, 0.1) is 0 Å². The zero-order valence-electron chi connectivity index (χ0n) is 7.26. The topological polar surface area (TPSA) is 12.9 Å². The van der Waals surface area contributed by atoms with Gasteiger partial charge in [-0.15, -0.1) is 11.3 Å². The predicted octanol–water partition coefficient (Wildman–Crippen LogP) is 4.48. The van der Waals surface area contributed by atoms with Gasteiger partial charge in [0.25, 0.3) is 0 Å². The van der Waals surface area contributed by atoms with E-state index in [1.165, 1.54) is 17.8 Å². The molecule has 2 aromatic rings. The van der Waals surface area contributed by atoms with Crippen LogP contribution >= 0.6 is 34.5 Å². The zero-order chi connectivity index (χ0) is 9.71. The van der Waals surface area contributed by atoms with Crippen LogP contribution in [0.1, 0.15) is 23.8 Å². The fourth-order valence-corrected chi connectivity index (χ4v) is 3.34. The summed E-state index contributed by atoms with van der Waals surface area (Å²) in [5.74, 6) is 0.683. The molecule has 1 nitrogen and oxygen atoms in total. The van der Waals surface area contributed by atoms with Crippen molar-refractivity contribution in [2.75, 3.05) is 0 Å². The Hall–Kier alpha value is -0.310. The normalized spacial score (nSPS) is 16.4. The second-order valence-electron chi connectivity index (χ2n) is 3.56. The molecule has 1 aliphatic rings. The van der Waals surface area contributed by atoms with Gasteiger partial charge in [0.2, 0.25) is 0 Å². The molecule has 0 saturated heterocycles. The summed E-state index contributed by atoms with van der Waals surface area (Å²) in [5, 5.41) is 2.56. The summed E-state index contributed by atoms with van der Waals surface area (Å²) in [4.78, 5) is 4.54. The zero-order valence-corrected chi connectivity index (χ0v) is 9.59. The Morgan fingerprint density at radius 3 is 2.79 bits per heavy atom. The molecule has 0 atom stereocenters. The van der Waals surface area contributed by atoms with Gasteiger partial charge in [0.15, 0.2) is 0 Å². The Kier molecular flexibility index (Phi) is 1.98. The van der Waals surface area contributed by atoms with Gasteiger partial charge in [-0.25, -0.2) is 4.98 Å². The maximum absolute atomic E-state index is 6.06. The van der Waals surface area contributed by atoms with E-state index in [9.17, 15) is 0 Å². The van der Waals surface area contributed by atoms with Gasteiger partial charge in [0, 0.05) is 10.9 Å². The summed E-state index contributed by atoms with van der Waals surface area (Å²) in [7, 11) is 0. The van der Waals surface area contributed by atoms with Crippen LogP contribution in [0.4, 0.5) is 0 Å². The maximum atomic E-state index is 6.06. The molecule has 1 fully saturated rings. The SMILES string of the molecule is Clc1cc(Cl)c2nc(C3CC3)sc2c1. The number of thiazole rings is 1. The summed E-state index contributed by atoms with van der Waals surface area (Å²) in [5.41, 5.74) is 0.906. The number of halogens is 2. The molecule has 0 spiro atoms. The second kappa shape index (κ2) is 3.09. The third-order valence-corrected chi connectivity index (χ3v) is 4.03. The lowest BCUT2D eigenvalue weighted by Gasteiger charge is -1.92. The summed E-state index contributed by atoms with van der Waals surface area (Å²) >= 11 is 13.7. The van der Waals surface area contributed by atoms with Crippen LogP contribution in [0.5, 0.6) is 0 Å². The van der Waals surface area contributed by atoms with Crippen LogP contribution in [0.25, 0.3) is 10.2 Å². The highest BCUT2D eigenvalue weighted by molar-refractivity contribution is 7.18. The summed E-state index contributed by atoms with van der Waals surface area (Å²) in [6.45, 7) is 0. The number of benzene rings is 1. The van der Waals surface area contributed by atoms with Gasteiger partial charge >= 0.3 is 0 Å². The van der Waals surface area contributed by atoms with Crippen LogP contribution in [0.15, 0.2) is 12.1 Å². The minimum absolute atomic E-state index is 0.663. The van der Waals surface area contributed by atoms with E-state index >= 15 is 0 Å². The molecule has 0 bridgehead atoms. The molecule has 0 aliphatic heterocycles. The monoisotopic (exact) mass is 243 g/mol. The van der Waals surface area contributed by atoms with Crippen molar-refractivity contribution in [2.24, 2.45) is 0 Å². The molecular weight excluding hydrogens is 237 g/mol. The molecule has 0 N–H and O–H groups in total. The van der Waals surface area contributed by atoms with Crippen LogP contribution in [-0.4, -0.2) is 4.98 Å². The number of hydrogen-bond donors (Lipinski definition) is 0. The Morgan fingerprint density at radius 1 is 1.29 bits per heavy atom. The molecule has 0 unspecified atom stereocenters. The Balaban J connectivity index is 2.26. The van der Waals surface area contributed by atoms with Crippen LogP contribution in [0.3, 0.4) is 0 Å². The second-order valence-corrected chi connectivity index (χ2v) is 5.47. The van der Waals surface area contributed by atoms with E-state index in [2.05, 4.69) is 4.98 Å². The van der Waals surface area contributed by atoms with Crippen molar-refractivity contribution in [3.05, 3.63) is 27.2 Å². The van der Waals surface area contributed by atoms with E-state index < -0.39 is 0 Å². The minimum atomic E-state index is 0.663. The molecule has 1 aromatic carbocycles. The first-order valence-electron chi connectivity index (χ1n) is 4.49. The van der Waals surface area contributed by atoms with E-state index in [-0.39, 0.29) is 0 Å². The lowest BCUT2D eigenvalue weighted by molar-refractivity contribution is 1.10. The lowest BCUT2D eigenvalue weighted by Crippen LogP contribution is -1.75. The Labute approximate surface area is 95.7 Å². The largest absolute Gasteiger partial charge is 0.239 e. The van der Waals surface area contributed by atoms with Crippen LogP contribution in [0.2, 0.25) is 10.0 Å². The first kappa shape index (κ1) is 8.96. The predicted molar refractivity (Wildman–Crippen MR) is 61.6 cm³/mol. The van der Waals surface area contributed by atoms with E-state index in [4.69, 9.17) is 23.2 Å². The van der Waals surface area contributed by atoms with Gasteiger partial charge in [-0.3, -0.25) is 0 Å². The highest BCUT2D eigenvalue weighted by atomic mass is 35.5. The van der Waals surface area contributed by atoms with Gasteiger partial charge in [-0.2, -0.15) is 0 Å². The number of fused-ring (bicyclic) bond motifs is 1. The van der Waals surface area contributed by atoms with Crippen molar-refractivity contribution < 1.29 is 0 Å². The van der Waals surface area contributed by atoms with Gasteiger partial charge in [-0.1, -0.05) is 23.2 Å². The van der Waals surface area contributed by atoms with E-state index in [0.29, 0.717) is 16.0 Å². The molecule has 3 rings (SSSR count). The highest BCUT2D eigenvalue weighted by Crippen LogP contribution is 2.44. The number of hydrogen-bond acceptors (Lipinski definition) is 2. The lowest BCUT2D eigenvalue weighted by atomic mass is 10.3. The standard InChI is InChI=1S/C10H7Cl2NS/c11-6-3-7(12)9-8(4-6)14-10(13-9)5-1-2-5/h3-5H,1-2H2. The molecule has 1 saturated carbocycles. The first-order valence-corrected chi connectivity index (χ1v) is 6.07. The minimum Gasteiger partial charge on any atom is -0.239 e. The first-order chi connectivity index (χ1) is 6.74. The molecule has 72 valence electrons. The van der Waals surface area contributed by atoms with Gasteiger partial charge in [-0.05, 0) is 25.0 Å². The Morgan fingerprint density at radius 2 is 2.07 bits per heavy atom. The average Bonchev–Trinajstić information content (AvgIpc) is 2.87. The molecular formula is C10H7Cl2NS. The smallest absolute Gasteiger partial charge is 0.100 e. The molecule has 1 heterocycles. The van der Waals surface area contributed by atoms with E-state index in [1.54, 1.807) is 17.4 Å². The molecule has 0 amide bonds. The molecule has 4 heteroatoms. The fraction of sp³-hybridized carbons (Fsp3) is 0.300. The molecule has 14 heavy (non-hydrogen) atoms. The van der Waals surface area contributed by atoms with Crippen molar-refractivity contribution >= 4 is 44.8 Å². The summed E-state index contributed by atoms with van der Waals surface area (Å²) in [6, 6.07) is 3.69. The fourth-order valence-electron chi connectivity index (χ4n) is 1.48. The van der Waals surface area contributed by atoms with Crippen molar-refractivity contribution in [1.29, 1.82) is 0 Å². The maximum Gasteiger partial charge on any atom is 0.100 e.